The van der Waals surface area contributed by atoms with Crippen molar-refractivity contribution < 1.29 is 0 Å². The van der Waals surface area contributed by atoms with Crippen molar-refractivity contribution in [1.29, 1.82) is 0 Å². The lowest BCUT2D eigenvalue weighted by Gasteiger charge is -2.19. The van der Waals surface area contributed by atoms with E-state index in [0.717, 1.165) is 25.7 Å². The predicted molar refractivity (Wildman–Crippen MR) is 86.0 cm³/mol. The van der Waals surface area contributed by atoms with E-state index in [2.05, 4.69) is 76.1 Å². The van der Waals surface area contributed by atoms with Crippen LogP contribution in [0.2, 0.25) is 0 Å². The van der Waals surface area contributed by atoms with E-state index in [1.165, 1.54) is 0 Å². The molecule has 0 radical (unpaired) electrons. The Hall–Kier alpha value is -0.800. The fraction of sp³-hybridized carbons (Fsp3) is 1.00. The van der Waals surface area contributed by atoms with Crippen LogP contribution in [0.4, 0.5) is 0 Å². The van der Waals surface area contributed by atoms with Gasteiger partial charge in [0.1, 0.15) is 0 Å². The van der Waals surface area contributed by atoms with Crippen molar-refractivity contribution in [3.8, 4) is 0 Å². The van der Waals surface area contributed by atoms with Crippen molar-refractivity contribution >= 4 is 0 Å². The van der Waals surface area contributed by atoms with Gasteiger partial charge in [0.2, 0.25) is 0 Å². The summed E-state index contributed by atoms with van der Waals surface area (Å²) in [5.74, 6) is 1.39. The van der Waals surface area contributed by atoms with E-state index in [1.807, 2.05) is 0 Å². The molecule has 0 unspecified atom stereocenters. The highest BCUT2D eigenvalue weighted by atomic mass is 15.5. The van der Waals surface area contributed by atoms with Crippen LogP contribution in [0.3, 0.4) is 0 Å². The zero-order chi connectivity index (χ0) is 15.8. The van der Waals surface area contributed by atoms with Gasteiger partial charge in [-0.25, -0.2) is 0 Å². The zero-order valence-corrected chi connectivity index (χ0v) is 14.8. The molecule has 0 rings (SSSR count). The molecule has 4 nitrogen and oxygen atoms in total. The van der Waals surface area contributed by atoms with Gasteiger partial charge in [-0.15, -0.1) is 0 Å². The molecule has 0 saturated carbocycles. The molecule has 0 spiro atoms. The fourth-order valence-corrected chi connectivity index (χ4v) is 1.67. The number of hydrogen-bond donors (Lipinski definition) is 0. The van der Waals surface area contributed by atoms with E-state index in [0.29, 0.717) is 11.8 Å². The van der Waals surface area contributed by atoms with Crippen molar-refractivity contribution in [3.05, 3.63) is 0 Å². The molecule has 0 amide bonds. The van der Waals surface area contributed by atoms with Crippen LogP contribution in [0.1, 0.15) is 81.1 Å². The third kappa shape index (κ3) is 11.1. The number of rotatable bonds is 9. The lowest BCUT2D eigenvalue weighted by molar-refractivity contribution is 0.383. The zero-order valence-electron chi connectivity index (χ0n) is 14.8. The van der Waals surface area contributed by atoms with Gasteiger partial charge in [-0.3, -0.25) is 0 Å². The molecule has 0 aliphatic carbocycles. The van der Waals surface area contributed by atoms with Gasteiger partial charge in [-0.2, -0.15) is 10.2 Å². The van der Waals surface area contributed by atoms with Crippen LogP contribution in [0, 0.1) is 11.8 Å². The summed E-state index contributed by atoms with van der Waals surface area (Å²) >= 11 is 0. The first kappa shape index (κ1) is 19.2. The second-order valence-corrected chi connectivity index (χ2v) is 7.87. The van der Waals surface area contributed by atoms with Crippen molar-refractivity contribution in [2.75, 3.05) is 0 Å². The Labute approximate surface area is 125 Å². The smallest absolute Gasteiger partial charge is 0.0783 e. The molecule has 0 aliphatic rings. The largest absolute Gasteiger partial charge is 0.161 e. The Morgan fingerprint density at radius 3 is 1.20 bits per heavy atom. The van der Waals surface area contributed by atoms with Crippen molar-refractivity contribution in [2.45, 2.75) is 92.2 Å². The summed E-state index contributed by atoms with van der Waals surface area (Å²) in [5.41, 5.74) is -0.295. The highest BCUT2D eigenvalue weighted by Crippen LogP contribution is 2.22. The SMILES string of the molecule is CC(C)CCC(C)(C)N=NN=NC(C)(C)CCC(C)C. The van der Waals surface area contributed by atoms with Crippen molar-refractivity contribution in [3.63, 3.8) is 0 Å². The van der Waals surface area contributed by atoms with E-state index in [-0.39, 0.29) is 11.1 Å². The number of nitrogens with zero attached hydrogens (tertiary/aromatic N) is 4. The molecule has 20 heavy (non-hydrogen) atoms. The van der Waals surface area contributed by atoms with Gasteiger partial charge < -0.3 is 0 Å². The first-order valence-electron chi connectivity index (χ1n) is 7.88. The van der Waals surface area contributed by atoms with E-state index in [4.69, 9.17) is 0 Å². The number of hydrogen-bond acceptors (Lipinski definition) is 2. The third-order valence-electron chi connectivity index (χ3n) is 3.34. The second kappa shape index (κ2) is 8.48. The van der Waals surface area contributed by atoms with E-state index in [1.54, 1.807) is 0 Å². The van der Waals surface area contributed by atoms with Crippen LogP contribution in [-0.4, -0.2) is 11.1 Å². The summed E-state index contributed by atoms with van der Waals surface area (Å²) in [5, 5.41) is 16.4. The molecule has 0 fully saturated rings. The maximum atomic E-state index is 4.29. The van der Waals surface area contributed by atoms with Crippen molar-refractivity contribution in [2.24, 2.45) is 32.5 Å². The monoisotopic (exact) mass is 282 g/mol. The van der Waals surface area contributed by atoms with Gasteiger partial charge in [0.05, 0.1) is 11.1 Å². The molecule has 118 valence electrons. The van der Waals surface area contributed by atoms with Gasteiger partial charge in [-0.05, 0) is 75.7 Å². The van der Waals surface area contributed by atoms with Crippen LogP contribution in [0.5, 0.6) is 0 Å². The first-order valence-corrected chi connectivity index (χ1v) is 7.88. The summed E-state index contributed by atoms with van der Waals surface area (Å²) in [6, 6.07) is 0. The minimum atomic E-state index is -0.147. The van der Waals surface area contributed by atoms with Gasteiger partial charge >= 0.3 is 0 Å². The van der Waals surface area contributed by atoms with Gasteiger partial charge in [0.25, 0.3) is 0 Å². The molecular weight excluding hydrogens is 248 g/mol. The van der Waals surface area contributed by atoms with Crippen LogP contribution in [0.15, 0.2) is 20.7 Å². The molecule has 0 N–H and O–H groups in total. The van der Waals surface area contributed by atoms with Gasteiger partial charge in [-0.1, -0.05) is 27.7 Å². The summed E-state index contributed by atoms with van der Waals surface area (Å²) < 4.78 is 0. The molecule has 4 heteroatoms. The fourth-order valence-electron chi connectivity index (χ4n) is 1.67. The maximum Gasteiger partial charge on any atom is 0.0783 e. The lowest BCUT2D eigenvalue weighted by atomic mass is 9.95. The van der Waals surface area contributed by atoms with E-state index in [9.17, 15) is 0 Å². The first-order chi connectivity index (χ1) is 9.04. The maximum absolute atomic E-state index is 4.29. The quantitative estimate of drug-likeness (QED) is 0.355. The molecule has 0 aliphatic heterocycles. The second-order valence-electron chi connectivity index (χ2n) is 7.87. The average molecular weight is 282 g/mol. The average Bonchev–Trinajstić information content (AvgIpc) is 2.30. The van der Waals surface area contributed by atoms with Crippen LogP contribution in [0.25, 0.3) is 0 Å². The van der Waals surface area contributed by atoms with E-state index >= 15 is 0 Å². The van der Waals surface area contributed by atoms with Gasteiger partial charge in [0.15, 0.2) is 0 Å². The highest BCUT2D eigenvalue weighted by Gasteiger charge is 2.18. The molecule has 0 aromatic heterocycles. The minimum Gasteiger partial charge on any atom is -0.161 e. The van der Waals surface area contributed by atoms with Crippen LogP contribution < -0.4 is 0 Å². The lowest BCUT2D eigenvalue weighted by Crippen LogP contribution is -2.17. The normalized spacial score (nSPS) is 14.3. The van der Waals surface area contributed by atoms with Gasteiger partial charge in [0, 0.05) is 0 Å². The molecule has 0 aromatic carbocycles. The Morgan fingerprint density at radius 1 is 0.650 bits per heavy atom. The van der Waals surface area contributed by atoms with E-state index < -0.39 is 0 Å². The third-order valence-corrected chi connectivity index (χ3v) is 3.34. The van der Waals surface area contributed by atoms with Crippen molar-refractivity contribution in [1.82, 2.24) is 0 Å². The predicted octanol–water partition coefficient (Wildman–Crippen LogP) is 6.24. The topological polar surface area (TPSA) is 49.4 Å². The molecule has 0 aromatic rings. The van der Waals surface area contributed by atoms with Crippen LogP contribution in [-0.2, 0) is 0 Å². The molecule has 0 atom stereocenters. The summed E-state index contributed by atoms with van der Waals surface area (Å²) in [4.78, 5) is 0. The Kier molecular flexibility index (Phi) is 8.14. The molecular formula is C16H34N4. The molecule has 0 bridgehead atoms. The van der Waals surface area contributed by atoms with Crippen LogP contribution >= 0.6 is 0 Å². The minimum absolute atomic E-state index is 0.147. The summed E-state index contributed by atoms with van der Waals surface area (Å²) in [6.45, 7) is 17.3. The summed E-state index contributed by atoms with van der Waals surface area (Å²) in [7, 11) is 0. The molecule has 0 heterocycles. The highest BCUT2D eigenvalue weighted by molar-refractivity contribution is 4.77. The Bertz CT molecular complexity index is 282. The Morgan fingerprint density at radius 2 is 0.950 bits per heavy atom. The molecule has 0 saturated heterocycles. The standard InChI is InChI=1S/C16H34N4/c1-13(2)9-11-15(5,6)17-19-20-18-16(7,8)12-10-14(3)4/h13-14H,9-12H2,1-8H3. The summed E-state index contributed by atoms with van der Waals surface area (Å²) in [6.07, 6.45) is 4.37. The Balaban J connectivity index is 4.29.